The van der Waals surface area contributed by atoms with Gasteiger partial charge in [0.15, 0.2) is 0 Å². The van der Waals surface area contributed by atoms with Gasteiger partial charge < -0.3 is 14.6 Å². The first-order chi connectivity index (χ1) is 19.1. The molecule has 3 rings (SSSR count). The molecule has 1 N–H and O–H groups in total. The molecule has 0 aliphatic heterocycles. The molecule has 0 aliphatic rings. The number of carboxylic acids is 1. The molecular weight excluding hydrogens is 484 g/mol. The van der Waals surface area contributed by atoms with Crippen LogP contribution in [0.2, 0.25) is 0 Å². The summed E-state index contributed by atoms with van der Waals surface area (Å²) in [4.78, 5) is 10.7. The smallest absolute Gasteiger partial charge is 0.335 e. The molecule has 1 atom stereocenters. The maximum Gasteiger partial charge on any atom is 0.335 e. The van der Waals surface area contributed by atoms with Gasteiger partial charge in [-0.3, -0.25) is 0 Å². The fraction of sp³-hybridized carbons (Fsp3) is 0.457. The lowest BCUT2D eigenvalue weighted by Crippen LogP contribution is -2.03. The molecule has 212 valence electrons. The third-order valence-electron chi connectivity index (χ3n) is 6.72. The minimum Gasteiger partial charge on any atom is -0.493 e. The molecule has 0 saturated carbocycles. The van der Waals surface area contributed by atoms with Crippen molar-refractivity contribution in [3.8, 4) is 16.9 Å². The minimum absolute atomic E-state index is 0.0227. The molecular formula is C35H48O4. The lowest BCUT2D eigenvalue weighted by Gasteiger charge is -2.13. The lowest BCUT2D eigenvalue weighted by molar-refractivity contribution is 0.0625. The summed E-state index contributed by atoms with van der Waals surface area (Å²) in [5.41, 5.74) is 3.74. The summed E-state index contributed by atoms with van der Waals surface area (Å²) < 4.78 is 11.7. The van der Waals surface area contributed by atoms with Gasteiger partial charge in [-0.15, -0.1) is 0 Å². The summed E-state index contributed by atoms with van der Waals surface area (Å²) in [5.74, 6) is 0.104. The fourth-order valence-corrected chi connectivity index (χ4v) is 4.30. The Bertz CT molecular complexity index is 1030. The van der Waals surface area contributed by atoms with E-state index in [-0.39, 0.29) is 6.10 Å². The molecule has 1 unspecified atom stereocenters. The van der Waals surface area contributed by atoms with Gasteiger partial charge in [-0.1, -0.05) is 126 Å². The van der Waals surface area contributed by atoms with Gasteiger partial charge in [0.1, 0.15) is 5.75 Å². The zero-order valence-corrected chi connectivity index (χ0v) is 24.2. The van der Waals surface area contributed by atoms with E-state index < -0.39 is 5.97 Å². The second-order valence-corrected chi connectivity index (χ2v) is 9.98. The van der Waals surface area contributed by atoms with Crippen LogP contribution in [-0.2, 0) is 4.74 Å². The Labute approximate surface area is 236 Å². The Kier molecular flexibility index (Phi) is 16.4. The first-order valence-corrected chi connectivity index (χ1v) is 14.8. The van der Waals surface area contributed by atoms with Gasteiger partial charge in [0.2, 0.25) is 0 Å². The molecule has 0 amide bonds. The van der Waals surface area contributed by atoms with Crippen molar-refractivity contribution in [1.29, 1.82) is 0 Å². The molecule has 0 aromatic heterocycles. The third-order valence-corrected chi connectivity index (χ3v) is 6.72. The molecule has 0 aliphatic carbocycles. The number of para-hydroxylation sites is 1. The number of unbranched alkanes of at least 4 members (excludes halogenated alkanes) is 8. The predicted octanol–water partition coefficient (Wildman–Crippen LogP) is 10.1. The van der Waals surface area contributed by atoms with Gasteiger partial charge in [-0.05, 0) is 49.1 Å². The molecule has 3 aromatic carbocycles. The number of hydrogen-bond acceptors (Lipinski definition) is 3. The Morgan fingerprint density at radius 2 is 1.26 bits per heavy atom. The molecule has 0 saturated heterocycles. The van der Waals surface area contributed by atoms with Crippen LogP contribution < -0.4 is 4.74 Å². The highest BCUT2D eigenvalue weighted by molar-refractivity contribution is 5.87. The van der Waals surface area contributed by atoms with Crippen LogP contribution >= 0.6 is 0 Å². The summed E-state index contributed by atoms with van der Waals surface area (Å²) in [5, 5.41) is 8.81. The fourth-order valence-electron chi connectivity index (χ4n) is 4.30. The van der Waals surface area contributed by atoms with Crippen LogP contribution in [-0.4, -0.2) is 24.3 Å². The van der Waals surface area contributed by atoms with Crippen LogP contribution in [0.25, 0.3) is 11.1 Å². The quantitative estimate of drug-likeness (QED) is 0.176. The number of benzene rings is 3. The number of ether oxygens (including phenoxy) is 2. The second kappa shape index (κ2) is 19.9. The highest BCUT2D eigenvalue weighted by atomic mass is 16.5. The van der Waals surface area contributed by atoms with Gasteiger partial charge in [0, 0.05) is 12.2 Å². The van der Waals surface area contributed by atoms with Gasteiger partial charge in [0.05, 0.1) is 18.3 Å². The average molecular weight is 533 g/mol. The monoisotopic (exact) mass is 532 g/mol. The molecule has 0 radical (unpaired) electrons. The number of carbonyl (C=O) groups is 1. The zero-order valence-electron chi connectivity index (χ0n) is 24.2. The van der Waals surface area contributed by atoms with Crippen molar-refractivity contribution in [2.45, 2.75) is 91.1 Å². The SMILES string of the molecule is CCCCCCCCOc1ccccc1-c1ccccc1.CCCCCCOC(C)c1ccc(C(=O)O)cc1. The van der Waals surface area contributed by atoms with E-state index in [1.54, 1.807) is 12.1 Å². The van der Waals surface area contributed by atoms with E-state index in [9.17, 15) is 4.79 Å². The largest absolute Gasteiger partial charge is 0.493 e. The van der Waals surface area contributed by atoms with Crippen LogP contribution in [0.3, 0.4) is 0 Å². The Hall–Kier alpha value is -3.11. The maximum atomic E-state index is 10.7. The zero-order chi connectivity index (χ0) is 28.1. The van der Waals surface area contributed by atoms with Crippen LogP contribution in [0.4, 0.5) is 0 Å². The van der Waals surface area contributed by atoms with Gasteiger partial charge in [-0.25, -0.2) is 4.79 Å². The summed E-state index contributed by atoms with van der Waals surface area (Å²) in [6.45, 7) is 8.02. The van der Waals surface area contributed by atoms with Gasteiger partial charge >= 0.3 is 5.97 Å². The molecule has 0 bridgehead atoms. The molecule has 0 heterocycles. The predicted molar refractivity (Wildman–Crippen MR) is 163 cm³/mol. The van der Waals surface area contributed by atoms with Crippen molar-refractivity contribution in [2.75, 3.05) is 13.2 Å². The van der Waals surface area contributed by atoms with Crippen LogP contribution in [0, 0.1) is 0 Å². The normalized spacial score (nSPS) is 11.4. The van der Waals surface area contributed by atoms with Crippen molar-refractivity contribution in [3.63, 3.8) is 0 Å². The van der Waals surface area contributed by atoms with Gasteiger partial charge in [-0.2, -0.15) is 0 Å². The van der Waals surface area contributed by atoms with E-state index in [1.165, 1.54) is 62.5 Å². The third kappa shape index (κ3) is 13.0. The summed E-state index contributed by atoms with van der Waals surface area (Å²) in [7, 11) is 0. The highest BCUT2D eigenvalue weighted by Gasteiger charge is 2.08. The van der Waals surface area contributed by atoms with E-state index in [1.807, 2.05) is 31.2 Å². The molecule has 3 aromatic rings. The number of rotatable bonds is 17. The first kappa shape index (κ1) is 32.1. The summed E-state index contributed by atoms with van der Waals surface area (Å²) in [6, 6.07) is 25.6. The van der Waals surface area contributed by atoms with Crippen LogP contribution in [0.1, 0.15) is 107 Å². The van der Waals surface area contributed by atoms with Crippen molar-refractivity contribution in [1.82, 2.24) is 0 Å². The molecule has 4 heteroatoms. The van der Waals surface area contributed by atoms with E-state index in [4.69, 9.17) is 14.6 Å². The number of carboxylic acid groups (broad SMARTS) is 1. The van der Waals surface area contributed by atoms with Crippen molar-refractivity contribution >= 4 is 5.97 Å². The minimum atomic E-state index is -0.894. The van der Waals surface area contributed by atoms with E-state index in [0.29, 0.717) is 5.56 Å². The van der Waals surface area contributed by atoms with Crippen molar-refractivity contribution in [2.24, 2.45) is 0 Å². The van der Waals surface area contributed by atoms with Crippen molar-refractivity contribution < 1.29 is 19.4 Å². The number of hydrogen-bond donors (Lipinski definition) is 1. The Balaban J connectivity index is 0.000000277. The summed E-state index contributed by atoms with van der Waals surface area (Å²) in [6.07, 6.45) is 12.6. The van der Waals surface area contributed by atoms with E-state index >= 15 is 0 Å². The maximum absolute atomic E-state index is 10.7. The highest BCUT2D eigenvalue weighted by Crippen LogP contribution is 2.29. The molecule has 39 heavy (non-hydrogen) atoms. The standard InChI is InChI=1S/C20H26O.C15H22O3/c1-2-3-4-5-6-12-17-21-20-16-11-10-15-19(20)18-13-8-7-9-14-18;1-3-4-5-6-11-18-12(2)13-7-9-14(10-8-13)15(16)17/h7-11,13-16H,2-6,12,17H2,1H3;7-10,12H,3-6,11H2,1-2H3,(H,16,17). The molecule has 0 fully saturated rings. The second-order valence-electron chi connectivity index (χ2n) is 9.98. The Morgan fingerprint density at radius 3 is 1.92 bits per heavy atom. The summed E-state index contributed by atoms with van der Waals surface area (Å²) >= 11 is 0. The molecule has 4 nitrogen and oxygen atoms in total. The topological polar surface area (TPSA) is 55.8 Å². The molecule has 0 spiro atoms. The van der Waals surface area contributed by atoms with Crippen LogP contribution in [0.5, 0.6) is 5.75 Å². The Morgan fingerprint density at radius 1 is 0.692 bits per heavy atom. The lowest BCUT2D eigenvalue weighted by atomic mass is 10.0. The first-order valence-electron chi connectivity index (χ1n) is 14.8. The number of aromatic carboxylic acids is 1. The van der Waals surface area contributed by atoms with E-state index in [2.05, 4.69) is 56.3 Å². The van der Waals surface area contributed by atoms with E-state index in [0.717, 1.165) is 37.4 Å². The van der Waals surface area contributed by atoms with Gasteiger partial charge in [0.25, 0.3) is 0 Å². The average Bonchev–Trinajstić information content (AvgIpc) is 2.97. The van der Waals surface area contributed by atoms with Crippen molar-refractivity contribution in [3.05, 3.63) is 90.0 Å². The van der Waals surface area contributed by atoms with Crippen LogP contribution in [0.15, 0.2) is 78.9 Å².